The second-order valence-corrected chi connectivity index (χ2v) is 4.08. The van der Waals surface area contributed by atoms with E-state index in [1.165, 1.54) is 12.1 Å². The molecule has 2 rings (SSSR count). The largest absolute Gasteiger partial charge is 0.353 e. The zero-order chi connectivity index (χ0) is 13.8. The normalized spacial score (nSPS) is 9.47. The van der Waals surface area contributed by atoms with Gasteiger partial charge in [-0.05, 0) is 24.3 Å². The van der Waals surface area contributed by atoms with Crippen LogP contribution < -0.4 is 5.32 Å². The lowest BCUT2D eigenvalue weighted by molar-refractivity contribution is 0.624. The molecular formula is C14H7ClFN3. The zero-order valence-corrected chi connectivity index (χ0v) is 10.4. The summed E-state index contributed by atoms with van der Waals surface area (Å²) in [6.45, 7) is 0. The molecule has 0 aliphatic rings. The van der Waals surface area contributed by atoms with Gasteiger partial charge in [0.05, 0.1) is 22.0 Å². The van der Waals surface area contributed by atoms with E-state index in [0.29, 0.717) is 16.4 Å². The summed E-state index contributed by atoms with van der Waals surface area (Å²) in [4.78, 5) is 0. The van der Waals surface area contributed by atoms with E-state index in [1.54, 1.807) is 30.3 Å². The first kappa shape index (κ1) is 12.9. The lowest BCUT2D eigenvalue weighted by Crippen LogP contribution is -1.98. The Labute approximate surface area is 114 Å². The van der Waals surface area contributed by atoms with Crippen molar-refractivity contribution in [3.05, 3.63) is 58.4 Å². The topological polar surface area (TPSA) is 59.6 Å². The second-order valence-electron chi connectivity index (χ2n) is 3.67. The van der Waals surface area contributed by atoms with E-state index in [0.717, 1.165) is 0 Å². The second kappa shape index (κ2) is 5.39. The number of halogens is 2. The van der Waals surface area contributed by atoms with Gasteiger partial charge in [0.1, 0.15) is 23.5 Å². The van der Waals surface area contributed by atoms with Gasteiger partial charge in [0.2, 0.25) is 0 Å². The van der Waals surface area contributed by atoms with Crippen molar-refractivity contribution in [3.8, 4) is 12.1 Å². The zero-order valence-electron chi connectivity index (χ0n) is 9.61. The number of anilines is 2. The summed E-state index contributed by atoms with van der Waals surface area (Å²) in [7, 11) is 0. The van der Waals surface area contributed by atoms with Crippen molar-refractivity contribution in [1.29, 1.82) is 10.5 Å². The smallest absolute Gasteiger partial charge is 0.143 e. The molecule has 0 fully saturated rings. The van der Waals surface area contributed by atoms with Gasteiger partial charge >= 0.3 is 0 Å². The van der Waals surface area contributed by atoms with Crippen molar-refractivity contribution in [3.63, 3.8) is 0 Å². The molecule has 3 nitrogen and oxygen atoms in total. The lowest BCUT2D eigenvalue weighted by Gasteiger charge is -2.10. The fraction of sp³-hybridized carbons (Fsp3) is 0. The first-order chi connectivity index (χ1) is 9.17. The Balaban J connectivity index is 2.50. The maximum atomic E-state index is 13.5. The summed E-state index contributed by atoms with van der Waals surface area (Å²) < 4.78 is 13.5. The highest BCUT2D eigenvalue weighted by Gasteiger charge is 2.11. The average molecular weight is 272 g/mol. The molecule has 0 bridgehead atoms. The van der Waals surface area contributed by atoms with E-state index in [-0.39, 0.29) is 11.1 Å². The third kappa shape index (κ3) is 2.49. The Morgan fingerprint density at radius 1 is 0.947 bits per heavy atom. The number of hydrogen-bond donors (Lipinski definition) is 1. The van der Waals surface area contributed by atoms with Crippen molar-refractivity contribution >= 4 is 23.0 Å². The van der Waals surface area contributed by atoms with Crippen molar-refractivity contribution in [2.45, 2.75) is 0 Å². The Morgan fingerprint density at radius 3 is 2.16 bits per heavy atom. The maximum absolute atomic E-state index is 13.5. The fourth-order valence-electron chi connectivity index (χ4n) is 1.63. The fourth-order valence-corrected chi connectivity index (χ4v) is 1.85. The number of nitrogens with zero attached hydrogens (tertiary/aromatic N) is 2. The summed E-state index contributed by atoms with van der Waals surface area (Å²) in [6.07, 6.45) is 0. The summed E-state index contributed by atoms with van der Waals surface area (Å²) in [5, 5.41) is 21.1. The summed E-state index contributed by atoms with van der Waals surface area (Å²) >= 11 is 5.90. The monoisotopic (exact) mass is 271 g/mol. The van der Waals surface area contributed by atoms with Crippen molar-refractivity contribution < 1.29 is 4.39 Å². The summed E-state index contributed by atoms with van der Waals surface area (Å²) in [5.74, 6) is -0.618. The molecule has 0 heterocycles. The van der Waals surface area contributed by atoms with Crippen LogP contribution in [0.4, 0.5) is 15.8 Å². The average Bonchev–Trinajstić information content (AvgIpc) is 2.39. The molecule has 0 amide bonds. The van der Waals surface area contributed by atoms with Crippen LogP contribution in [0.3, 0.4) is 0 Å². The molecule has 0 aromatic heterocycles. The highest BCUT2D eigenvalue weighted by Crippen LogP contribution is 2.28. The van der Waals surface area contributed by atoms with E-state index in [2.05, 4.69) is 5.32 Å². The number of hydrogen-bond acceptors (Lipinski definition) is 3. The van der Waals surface area contributed by atoms with Crippen LogP contribution in [0.1, 0.15) is 11.1 Å². The van der Waals surface area contributed by atoms with Crippen LogP contribution in [0, 0.1) is 28.5 Å². The standard InChI is InChI=1S/C14H7ClFN3/c15-11-3-1-5-13(9(11)7-17)19-14-6-2-4-12(16)10(14)8-18/h1-6,19H. The van der Waals surface area contributed by atoms with Gasteiger partial charge in [-0.15, -0.1) is 0 Å². The maximum Gasteiger partial charge on any atom is 0.143 e. The predicted octanol–water partition coefficient (Wildman–Crippen LogP) is 3.97. The van der Waals surface area contributed by atoms with E-state index in [1.807, 2.05) is 6.07 Å². The van der Waals surface area contributed by atoms with Gasteiger partial charge in [0.15, 0.2) is 0 Å². The van der Waals surface area contributed by atoms with Crippen LogP contribution in [-0.2, 0) is 0 Å². The first-order valence-electron chi connectivity index (χ1n) is 5.31. The lowest BCUT2D eigenvalue weighted by atomic mass is 10.1. The highest BCUT2D eigenvalue weighted by atomic mass is 35.5. The minimum absolute atomic E-state index is 0.105. The van der Waals surface area contributed by atoms with Gasteiger partial charge in [0, 0.05) is 0 Å². The van der Waals surface area contributed by atoms with E-state index >= 15 is 0 Å². The number of rotatable bonds is 2. The first-order valence-corrected chi connectivity index (χ1v) is 5.69. The van der Waals surface area contributed by atoms with Crippen LogP contribution in [0.15, 0.2) is 36.4 Å². The van der Waals surface area contributed by atoms with Gasteiger partial charge in [0.25, 0.3) is 0 Å². The molecule has 2 aromatic carbocycles. The molecule has 0 unspecified atom stereocenters. The molecule has 2 aromatic rings. The number of benzene rings is 2. The van der Waals surface area contributed by atoms with Crippen LogP contribution >= 0.6 is 11.6 Å². The Bertz CT molecular complexity index is 652. The molecule has 0 saturated carbocycles. The predicted molar refractivity (Wildman–Crippen MR) is 70.6 cm³/mol. The SMILES string of the molecule is N#Cc1c(F)cccc1Nc1cccc(Cl)c1C#N. The molecule has 5 heteroatoms. The van der Waals surface area contributed by atoms with Gasteiger partial charge in [-0.1, -0.05) is 23.7 Å². The van der Waals surface area contributed by atoms with Gasteiger partial charge in [-0.3, -0.25) is 0 Å². The quantitative estimate of drug-likeness (QED) is 0.899. The molecule has 0 aliphatic carbocycles. The van der Waals surface area contributed by atoms with Crippen molar-refractivity contribution in [2.24, 2.45) is 0 Å². The highest BCUT2D eigenvalue weighted by molar-refractivity contribution is 6.32. The summed E-state index contributed by atoms with van der Waals surface area (Å²) in [6, 6.07) is 12.9. The Kier molecular flexibility index (Phi) is 3.66. The van der Waals surface area contributed by atoms with Gasteiger partial charge in [-0.2, -0.15) is 10.5 Å². The van der Waals surface area contributed by atoms with E-state index < -0.39 is 5.82 Å². The molecule has 0 atom stereocenters. The van der Waals surface area contributed by atoms with Crippen LogP contribution in [0.5, 0.6) is 0 Å². The molecule has 19 heavy (non-hydrogen) atoms. The van der Waals surface area contributed by atoms with Gasteiger partial charge in [-0.25, -0.2) is 4.39 Å². The van der Waals surface area contributed by atoms with Crippen molar-refractivity contribution in [2.75, 3.05) is 5.32 Å². The molecule has 0 saturated heterocycles. The minimum atomic E-state index is -0.618. The minimum Gasteiger partial charge on any atom is -0.353 e. The number of nitriles is 2. The van der Waals surface area contributed by atoms with Crippen LogP contribution in [0.2, 0.25) is 5.02 Å². The van der Waals surface area contributed by atoms with Crippen molar-refractivity contribution in [1.82, 2.24) is 0 Å². The molecule has 0 spiro atoms. The third-order valence-corrected chi connectivity index (χ3v) is 2.84. The van der Waals surface area contributed by atoms with Crippen LogP contribution in [0.25, 0.3) is 0 Å². The summed E-state index contributed by atoms with van der Waals surface area (Å²) in [5.41, 5.74) is 0.863. The Morgan fingerprint density at radius 2 is 1.53 bits per heavy atom. The molecule has 1 N–H and O–H groups in total. The van der Waals surface area contributed by atoms with E-state index in [9.17, 15) is 4.39 Å². The van der Waals surface area contributed by atoms with E-state index in [4.69, 9.17) is 22.1 Å². The number of nitrogens with one attached hydrogen (secondary N) is 1. The van der Waals surface area contributed by atoms with Gasteiger partial charge < -0.3 is 5.32 Å². The molecular weight excluding hydrogens is 265 g/mol. The molecule has 0 aliphatic heterocycles. The molecule has 0 radical (unpaired) electrons. The van der Waals surface area contributed by atoms with Crippen LogP contribution in [-0.4, -0.2) is 0 Å². The molecule has 92 valence electrons. The Hall–Kier alpha value is -2.56. The third-order valence-electron chi connectivity index (χ3n) is 2.52.